The zero-order chi connectivity index (χ0) is 19.4. The van der Waals surface area contributed by atoms with E-state index in [1.807, 2.05) is 48.2 Å². The highest BCUT2D eigenvalue weighted by atomic mass is 16.5. The fraction of sp³-hybridized carbons (Fsp3) is 0.455. The molecule has 1 amide bonds. The SMILES string of the molecule is CCOc1ccc(Nc2ncccc2C(=O)N2CCC3(CCNC3)CC2)cc1. The first-order valence-electron chi connectivity index (χ1n) is 10.1. The maximum Gasteiger partial charge on any atom is 0.257 e. The summed E-state index contributed by atoms with van der Waals surface area (Å²) in [6.07, 6.45) is 5.09. The van der Waals surface area contributed by atoms with E-state index >= 15 is 0 Å². The number of nitrogens with zero attached hydrogens (tertiary/aromatic N) is 2. The van der Waals surface area contributed by atoms with Gasteiger partial charge in [-0.15, -0.1) is 0 Å². The maximum absolute atomic E-state index is 13.2. The quantitative estimate of drug-likeness (QED) is 0.832. The molecule has 1 aromatic carbocycles. The smallest absolute Gasteiger partial charge is 0.257 e. The number of rotatable bonds is 5. The number of carbonyl (C=O) groups excluding carboxylic acids is 1. The first-order valence-corrected chi connectivity index (χ1v) is 10.1. The molecule has 2 N–H and O–H groups in total. The fourth-order valence-corrected chi connectivity index (χ4v) is 4.19. The Morgan fingerprint density at radius 3 is 2.68 bits per heavy atom. The molecule has 1 spiro atoms. The van der Waals surface area contributed by atoms with E-state index in [1.165, 1.54) is 6.42 Å². The van der Waals surface area contributed by atoms with Crippen molar-refractivity contribution in [1.29, 1.82) is 0 Å². The zero-order valence-corrected chi connectivity index (χ0v) is 16.4. The number of nitrogens with one attached hydrogen (secondary N) is 2. The van der Waals surface area contributed by atoms with Gasteiger partial charge in [0.15, 0.2) is 0 Å². The highest BCUT2D eigenvalue weighted by Gasteiger charge is 2.38. The van der Waals surface area contributed by atoms with Crippen molar-refractivity contribution in [2.45, 2.75) is 26.2 Å². The molecule has 0 bridgehead atoms. The van der Waals surface area contributed by atoms with Crippen LogP contribution in [0.1, 0.15) is 36.5 Å². The van der Waals surface area contributed by atoms with Gasteiger partial charge in [0.2, 0.25) is 0 Å². The van der Waals surface area contributed by atoms with E-state index in [4.69, 9.17) is 4.74 Å². The van der Waals surface area contributed by atoms with E-state index in [0.717, 1.165) is 50.5 Å². The van der Waals surface area contributed by atoms with Gasteiger partial charge in [-0.05, 0) is 74.5 Å². The van der Waals surface area contributed by atoms with Crippen molar-refractivity contribution in [3.05, 3.63) is 48.2 Å². The monoisotopic (exact) mass is 380 g/mol. The molecule has 0 atom stereocenters. The Morgan fingerprint density at radius 1 is 1.21 bits per heavy atom. The minimum atomic E-state index is 0.0577. The summed E-state index contributed by atoms with van der Waals surface area (Å²) in [6.45, 7) is 6.43. The minimum absolute atomic E-state index is 0.0577. The molecule has 2 saturated heterocycles. The first-order chi connectivity index (χ1) is 13.7. The molecule has 28 heavy (non-hydrogen) atoms. The Bertz CT molecular complexity index is 806. The third-order valence-electron chi connectivity index (χ3n) is 5.91. The number of amides is 1. The van der Waals surface area contributed by atoms with Crippen molar-refractivity contribution in [3.63, 3.8) is 0 Å². The number of benzene rings is 1. The molecule has 2 aliphatic heterocycles. The fourth-order valence-electron chi connectivity index (χ4n) is 4.19. The van der Waals surface area contributed by atoms with Crippen LogP contribution in [0.25, 0.3) is 0 Å². The van der Waals surface area contributed by atoms with Crippen LogP contribution in [-0.4, -0.2) is 48.6 Å². The summed E-state index contributed by atoms with van der Waals surface area (Å²) in [6, 6.07) is 11.4. The molecule has 0 radical (unpaired) electrons. The van der Waals surface area contributed by atoms with Gasteiger partial charge in [-0.3, -0.25) is 4.79 Å². The highest BCUT2D eigenvalue weighted by molar-refractivity contribution is 5.99. The summed E-state index contributed by atoms with van der Waals surface area (Å²) in [5.41, 5.74) is 1.90. The van der Waals surface area contributed by atoms with Gasteiger partial charge in [0.25, 0.3) is 5.91 Å². The van der Waals surface area contributed by atoms with Gasteiger partial charge >= 0.3 is 0 Å². The minimum Gasteiger partial charge on any atom is -0.494 e. The molecule has 1 aromatic heterocycles. The number of carbonyl (C=O) groups is 1. The Hall–Kier alpha value is -2.60. The van der Waals surface area contributed by atoms with Crippen LogP contribution in [0.2, 0.25) is 0 Å². The molecule has 4 rings (SSSR count). The summed E-state index contributed by atoms with van der Waals surface area (Å²) in [5.74, 6) is 1.48. The largest absolute Gasteiger partial charge is 0.494 e. The van der Waals surface area contributed by atoms with Crippen LogP contribution in [0, 0.1) is 5.41 Å². The predicted molar refractivity (Wildman–Crippen MR) is 110 cm³/mol. The van der Waals surface area contributed by atoms with Crippen LogP contribution in [0.3, 0.4) is 0 Å². The third kappa shape index (κ3) is 3.97. The van der Waals surface area contributed by atoms with E-state index in [2.05, 4.69) is 15.6 Å². The van der Waals surface area contributed by atoms with E-state index in [-0.39, 0.29) is 5.91 Å². The molecule has 3 heterocycles. The molecule has 0 unspecified atom stereocenters. The lowest BCUT2D eigenvalue weighted by Gasteiger charge is -2.39. The molecule has 2 fully saturated rings. The number of ether oxygens (including phenoxy) is 1. The van der Waals surface area contributed by atoms with Crippen LogP contribution in [0.4, 0.5) is 11.5 Å². The van der Waals surface area contributed by atoms with Crippen LogP contribution in [0.5, 0.6) is 5.75 Å². The van der Waals surface area contributed by atoms with Crippen LogP contribution in [0.15, 0.2) is 42.6 Å². The molecular formula is C22H28N4O2. The summed E-state index contributed by atoms with van der Waals surface area (Å²) in [7, 11) is 0. The number of piperidine rings is 1. The van der Waals surface area contributed by atoms with Gasteiger partial charge in [0.1, 0.15) is 11.6 Å². The number of pyridine rings is 1. The normalized spacial score (nSPS) is 18.2. The third-order valence-corrected chi connectivity index (χ3v) is 5.91. The van der Waals surface area contributed by atoms with Gasteiger partial charge < -0.3 is 20.3 Å². The maximum atomic E-state index is 13.2. The van der Waals surface area contributed by atoms with E-state index in [9.17, 15) is 4.79 Å². The lowest BCUT2D eigenvalue weighted by Crippen LogP contribution is -2.44. The van der Waals surface area contributed by atoms with Gasteiger partial charge in [0, 0.05) is 31.5 Å². The van der Waals surface area contributed by atoms with Crippen molar-refractivity contribution >= 4 is 17.4 Å². The van der Waals surface area contributed by atoms with Crippen molar-refractivity contribution in [2.75, 3.05) is 38.1 Å². The van der Waals surface area contributed by atoms with E-state index in [0.29, 0.717) is 23.4 Å². The average molecular weight is 380 g/mol. The summed E-state index contributed by atoms with van der Waals surface area (Å²) < 4.78 is 5.48. The van der Waals surface area contributed by atoms with E-state index < -0.39 is 0 Å². The lowest BCUT2D eigenvalue weighted by molar-refractivity contribution is 0.0608. The van der Waals surface area contributed by atoms with Gasteiger partial charge in [0.05, 0.1) is 12.2 Å². The second kappa shape index (κ2) is 8.19. The van der Waals surface area contributed by atoms with Gasteiger partial charge in [-0.25, -0.2) is 4.98 Å². The van der Waals surface area contributed by atoms with E-state index in [1.54, 1.807) is 6.20 Å². The molecule has 0 aliphatic carbocycles. The summed E-state index contributed by atoms with van der Waals surface area (Å²) >= 11 is 0. The Kier molecular flexibility index (Phi) is 5.48. The molecule has 6 nitrogen and oxygen atoms in total. The first kappa shape index (κ1) is 18.7. The second-order valence-corrected chi connectivity index (χ2v) is 7.70. The molecule has 6 heteroatoms. The Morgan fingerprint density at radius 2 is 2.00 bits per heavy atom. The lowest BCUT2D eigenvalue weighted by atomic mass is 9.78. The van der Waals surface area contributed by atoms with Gasteiger partial charge in [-0.2, -0.15) is 0 Å². The standard InChI is InChI=1S/C22H28N4O2/c1-2-28-18-7-5-17(6-8-18)25-20-19(4-3-12-24-20)21(27)26-14-10-22(11-15-26)9-13-23-16-22/h3-8,12,23H,2,9-11,13-16H2,1H3,(H,24,25). The second-order valence-electron chi connectivity index (χ2n) is 7.70. The Balaban J connectivity index is 1.45. The predicted octanol–water partition coefficient (Wildman–Crippen LogP) is 3.44. The van der Waals surface area contributed by atoms with Gasteiger partial charge in [-0.1, -0.05) is 0 Å². The average Bonchev–Trinajstić information content (AvgIpc) is 3.18. The molecule has 2 aliphatic rings. The number of likely N-dealkylation sites (tertiary alicyclic amines) is 1. The van der Waals surface area contributed by atoms with Crippen LogP contribution >= 0.6 is 0 Å². The van der Waals surface area contributed by atoms with Crippen LogP contribution in [-0.2, 0) is 0 Å². The molecule has 2 aromatic rings. The number of aromatic nitrogens is 1. The number of anilines is 2. The van der Waals surface area contributed by atoms with Crippen molar-refractivity contribution in [1.82, 2.24) is 15.2 Å². The van der Waals surface area contributed by atoms with Crippen molar-refractivity contribution in [2.24, 2.45) is 5.41 Å². The summed E-state index contributed by atoms with van der Waals surface area (Å²) in [5, 5.41) is 6.76. The molecule has 148 valence electrons. The topological polar surface area (TPSA) is 66.5 Å². The highest BCUT2D eigenvalue weighted by Crippen LogP contribution is 2.37. The molecular weight excluding hydrogens is 352 g/mol. The van der Waals surface area contributed by atoms with Crippen LogP contribution < -0.4 is 15.4 Å². The number of hydrogen-bond donors (Lipinski definition) is 2. The summed E-state index contributed by atoms with van der Waals surface area (Å²) in [4.78, 5) is 19.6. The van der Waals surface area contributed by atoms with Crippen molar-refractivity contribution in [3.8, 4) is 5.75 Å². The Labute approximate surface area is 166 Å². The molecule has 0 saturated carbocycles. The number of hydrogen-bond acceptors (Lipinski definition) is 5. The zero-order valence-electron chi connectivity index (χ0n) is 16.4. The van der Waals surface area contributed by atoms with Crippen molar-refractivity contribution < 1.29 is 9.53 Å².